The Morgan fingerprint density at radius 2 is 2.25 bits per heavy atom. The molecule has 2 heterocycles. The van der Waals surface area contributed by atoms with Gasteiger partial charge in [0.25, 0.3) is 0 Å². The predicted octanol–water partition coefficient (Wildman–Crippen LogP) is 1.66. The molecule has 0 spiro atoms. The van der Waals surface area contributed by atoms with Crippen LogP contribution in [0.5, 0.6) is 0 Å². The van der Waals surface area contributed by atoms with Crippen LogP contribution in [0.15, 0.2) is 6.07 Å². The predicted molar refractivity (Wildman–Crippen MR) is 62.1 cm³/mol. The molecular formula is C11H12N2O2S. The van der Waals surface area contributed by atoms with E-state index >= 15 is 0 Å². The van der Waals surface area contributed by atoms with Crippen LogP contribution in [0.25, 0.3) is 0 Å². The van der Waals surface area contributed by atoms with Crippen molar-refractivity contribution in [3.8, 4) is 6.07 Å². The zero-order valence-corrected chi connectivity index (χ0v) is 9.84. The average molecular weight is 236 g/mol. The number of Topliss-reactive ketones (excluding diaryl/α,β-unsaturated/α-hetero) is 1. The summed E-state index contributed by atoms with van der Waals surface area (Å²) in [6, 6.07) is 3.82. The molecule has 1 aromatic heterocycles. The number of anilines is 1. The van der Waals surface area contributed by atoms with Crippen molar-refractivity contribution in [2.45, 2.75) is 6.92 Å². The van der Waals surface area contributed by atoms with E-state index in [1.807, 2.05) is 0 Å². The van der Waals surface area contributed by atoms with E-state index in [4.69, 9.17) is 10.00 Å². The Balaban J connectivity index is 2.31. The number of ketones is 1. The van der Waals surface area contributed by atoms with Gasteiger partial charge in [-0.1, -0.05) is 0 Å². The van der Waals surface area contributed by atoms with Gasteiger partial charge in [0.05, 0.1) is 23.7 Å². The molecule has 0 aromatic carbocycles. The van der Waals surface area contributed by atoms with Crippen molar-refractivity contribution in [3.63, 3.8) is 0 Å². The number of rotatable bonds is 2. The highest BCUT2D eigenvalue weighted by Crippen LogP contribution is 2.31. The third-order valence-corrected chi connectivity index (χ3v) is 3.77. The van der Waals surface area contributed by atoms with Crippen molar-refractivity contribution in [2.24, 2.45) is 0 Å². The molecule has 0 amide bonds. The summed E-state index contributed by atoms with van der Waals surface area (Å²) in [6.07, 6.45) is 0. The first-order valence-corrected chi connectivity index (χ1v) is 5.91. The summed E-state index contributed by atoms with van der Waals surface area (Å²) in [7, 11) is 0. The molecule has 16 heavy (non-hydrogen) atoms. The average Bonchev–Trinajstić information content (AvgIpc) is 2.74. The van der Waals surface area contributed by atoms with Gasteiger partial charge in [-0.3, -0.25) is 4.79 Å². The van der Waals surface area contributed by atoms with Gasteiger partial charge in [0.15, 0.2) is 5.78 Å². The summed E-state index contributed by atoms with van der Waals surface area (Å²) in [4.78, 5) is 14.0. The fourth-order valence-corrected chi connectivity index (χ4v) is 2.69. The molecule has 5 heteroatoms. The van der Waals surface area contributed by atoms with Gasteiger partial charge in [-0.05, 0) is 13.0 Å². The quantitative estimate of drug-likeness (QED) is 0.733. The maximum absolute atomic E-state index is 11.3. The molecule has 2 rings (SSSR count). The minimum Gasteiger partial charge on any atom is -0.378 e. The molecule has 1 fully saturated rings. The van der Waals surface area contributed by atoms with Crippen LogP contribution in [0.2, 0.25) is 0 Å². The molecule has 1 aliphatic rings. The molecule has 0 bridgehead atoms. The van der Waals surface area contributed by atoms with E-state index in [0.29, 0.717) is 23.7 Å². The number of carbonyl (C=O) groups excluding carboxylic acids is 1. The Kier molecular flexibility index (Phi) is 3.22. The Morgan fingerprint density at radius 1 is 1.56 bits per heavy atom. The van der Waals surface area contributed by atoms with E-state index < -0.39 is 0 Å². The highest BCUT2D eigenvalue weighted by Gasteiger charge is 2.19. The van der Waals surface area contributed by atoms with Gasteiger partial charge < -0.3 is 9.64 Å². The van der Waals surface area contributed by atoms with Crippen LogP contribution in [-0.2, 0) is 4.74 Å². The molecule has 0 N–H and O–H groups in total. The fourth-order valence-electron chi connectivity index (χ4n) is 1.64. The lowest BCUT2D eigenvalue weighted by atomic mass is 10.2. The molecule has 0 atom stereocenters. The molecule has 0 saturated carbocycles. The number of nitrogens with zero attached hydrogens (tertiary/aromatic N) is 2. The second-order valence-corrected chi connectivity index (χ2v) is 4.63. The first-order chi connectivity index (χ1) is 7.72. The molecule has 84 valence electrons. The second kappa shape index (κ2) is 4.64. The van der Waals surface area contributed by atoms with Gasteiger partial charge in [0, 0.05) is 13.1 Å². The van der Waals surface area contributed by atoms with E-state index in [2.05, 4.69) is 11.0 Å². The summed E-state index contributed by atoms with van der Waals surface area (Å²) >= 11 is 1.40. The lowest BCUT2D eigenvalue weighted by Gasteiger charge is -2.27. The Bertz CT molecular complexity index is 441. The van der Waals surface area contributed by atoms with E-state index in [-0.39, 0.29) is 5.78 Å². The van der Waals surface area contributed by atoms with Crippen molar-refractivity contribution >= 4 is 22.1 Å². The second-order valence-electron chi connectivity index (χ2n) is 3.60. The molecular weight excluding hydrogens is 224 g/mol. The topological polar surface area (TPSA) is 53.3 Å². The molecule has 0 radical (unpaired) electrons. The first kappa shape index (κ1) is 11.1. The number of hydrogen-bond donors (Lipinski definition) is 0. The molecule has 1 aromatic rings. The molecule has 0 unspecified atom stereocenters. The van der Waals surface area contributed by atoms with Crippen LogP contribution in [0.1, 0.15) is 22.2 Å². The van der Waals surface area contributed by atoms with Crippen LogP contribution in [0, 0.1) is 11.3 Å². The number of ether oxygens (including phenoxy) is 1. The van der Waals surface area contributed by atoms with E-state index in [1.54, 1.807) is 6.07 Å². The largest absolute Gasteiger partial charge is 0.378 e. The van der Waals surface area contributed by atoms with Crippen molar-refractivity contribution < 1.29 is 9.53 Å². The zero-order valence-electron chi connectivity index (χ0n) is 9.02. The third-order valence-electron chi connectivity index (χ3n) is 2.48. The SMILES string of the molecule is CC(=O)c1cc(C#N)c(N2CCOCC2)s1. The Morgan fingerprint density at radius 3 is 2.81 bits per heavy atom. The van der Waals surface area contributed by atoms with Crippen molar-refractivity contribution in [3.05, 3.63) is 16.5 Å². The monoisotopic (exact) mass is 236 g/mol. The van der Waals surface area contributed by atoms with Gasteiger partial charge >= 0.3 is 0 Å². The summed E-state index contributed by atoms with van der Waals surface area (Å²) in [5.41, 5.74) is 0.595. The first-order valence-electron chi connectivity index (χ1n) is 5.10. The Labute approximate surface area is 98.0 Å². The summed E-state index contributed by atoms with van der Waals surface area (Å²) in [5, 5.41) is 9.93. The number of morpholine rings is 1. The van der Waals surface area contributed by atoms with Crippen LogP contribution in [-0.4, -0.2) is 32.1 Å². The summed E-state index contributed by atoms with van der Waals surface area (Å²) < 4.78 is 5.26. The van der Waals surface area contributed by atoms with Crippen LogP contribution >= 0.6 is 11.3 Å². The third kappa shape index (κ3) is 2.08. The number of hydrogen-bond acceptors (Lipinski definition) is 5. The standard InChI is InChI=1S/C11H12N2O2S/c1-8(14)10-6-9(7-12)11(16-10)13-2-4-15-5-3-13/h6H,2-5H2,1H3. The maximum Gasteiger partial charge on any atom is 0.169 e. The highest BCUT2D eigenvalue weighted by molar-refractivity contribution is 7.18. The number of thiophene rings is 1. The van der Waals surface area contributed by atoms with Gasteiger partial charge in [0.2, 0.25) is 0 Å². The Hall–Kier alpha value is -1.38. The molecule has 4 nitrogen and oxygen atoms in total. The van der Waals surface area contributed by atoms with E-state index in [9.17, 15) is 4.79 Å². The van der Waals surface area contributed by atoms with Gasteiger partial charge in [0.1, 0.15) is 11.1 Å². The molecule has 1 saturated heterocycles. The minimum absolute atomic E-state index is 0.0148. The van der Waals surface area contributed by atoms with Gasteiger partial charge in [-0.25, -0.2) is 0 Å². The van der Waals surface area contributed by atoms with Crippen LogP contribution in [0.3, 0.4) is 0 Å². The lowest BCUT2D eigenvalue weighted by Crippen LogP contribution is -2.36. The summed E-state index contributed by atoms with van der Waals surface area (Å²) in [5.74, 6) is 0.0148. The van der Waals surface area contributed by atoms with Gasteiger partial charge in [-0.15, -0.1) is 11.3 Å². The van der Waals surface area contributed by atoms with Crippen LogP contribution < -0.4 is 4.90 Å². The van der Waals surface area contributed by atoms with Gasteiger partial charge in [-0.2, -0.15) is 5.26 Å². The van der Waals surface area contributed by atoms with Crippen molar-refractivity contribution in [1.82, 2.24) is 0 Å². The van der Waals surface area contributed by atoms with Crippen LogP contribution in [0.4, 0.5) is 5.00 Å². The number of nitriles is 1. The molecule has 0 aliphatic carbocycles. The van der Waals surface area contributed by atoms with E-state index in [1.165, 1.54) is 18.3 Å². The number of carbonyl (C=O) groups is 1. The van der Waals surface area contributed by atoms with E-state index in [0.717, 1.165) is 18.1 Å². The minimum atomic E-state index is 0.0148. The smallest absolute Gasteiger partial charge is 0.169 e. The zero-order chi connectivity index (χ0) is 11.5. The molecule has 1 aliphatic heterocycles. The summed E-state index contributed by atoms with van der Waals surface area (Å²) in [6.45, 7) is 4.45. The normalized spacial score (nSPS) is 15.9. The lowest BCUT2D eigenvalue weighted by molar-refractivity contribution is 0.102. The fraction of sp³-hybridized carbons (Fsp3) is 0.455. The van der Waals surface area contributed by atoms with Crippen molar-refractivity contribution in [2.75, 3.05) is 31.2 Å². The maximum atomic E-state index is 11.3. The highest BCUT2D eigenvalue weighted by atomic mass is 32.1. The van der Waals surface area contributed by atoms with Crippen molar-refractivity contribution in [1.29, 1.82) is 5.26 Å².